The Hall–Kier alpha value is -3.55. The average molecular weight is 563 g/mol. The van der Waals surface area contributed by atoms with Gasteiger partial charge >= 0.3 is 6.03 Å². The zero-order valence-corrected chi connectivity index (χ0v) is 23.2. The molecule has 0 spiro atoms. The van der Waals surface area contributed by atoms with Crippen LogP contribution in [0.5, 0.6) is 17.2 Å². The molecule has 2 aromatic carbocycles. The van der Waals surface area contributed by atoms with E-state index in [2.05, 4.69) is 10.6 Å². The molecule has 0 saturated heterocycles. The number of sulfonamides is 1. The van der Waals surface area contributed by atoms with Gasteiger partial charge in [-0.25, -0.2) is 17.5 Å². The third-order valence-corrected chi connectivity index (χ3v) is 8.09. The number of anilines is 2. The van der Waals surface area contributed by atoms with Crippen LogP contribution in [-0.4, -0.2) is 86.6 Å². The highest BCUT2D eigenvalue weighted by atomic mass is 32.2. The Labute approximate surface area is 227 Å². The summed E-state index contributed by atoms with van der Waals surface area (Å²) in [6.07, 6.45) is 0.521. The van der Waals surface area contributed by atoms with E-state index >= 15 is 0 Å². The molecule has 2 aliphatic rings. The van der Waals surface area contributed by atoms with E-state index in [1.807, 2.05) is 6.92 Å². The number of nitrogens with zero attached hydrogens (tertiary/aromatic N) is 2. The number of benzene rings is 2. The Bertz CT molecular complexity index is 1340. The Morgan fingerprint density at radius 2 is 1.77 bits per heavy atom. The molecule has 0 saturated carbocycles. The zero-order chi connectivity index (χ0) is 28.3. The minimum absolute atomic E-state index is 0.0275. The van der Waals surface area contributed by atoms with Crippen LogP contribution in [0.15, 0.2) is 36.4 Å². The number of hydrogen-bond acceptors (Lipinski definition) is 8. The van der Waals surface area contributed by atoms with Crippen LogP contribution < -0.4 is 24.8 Å². The number of aliphatic hydroxyl groups is 1. The first-order valence-corrected chi connectivity index (χ1v) is 14.4. The predicted octanol–water partition coefficient (Wildman–Crippen LogP) is 2.10. The minimum Gasteiger partial charge on any atom is -0.488 e. The summed E-state index contributed by atoms with van der Waals surface area (Å²) < 4.78 is 42.3. The first-order chi connectivity index (χ1) is 18.4. The lowest BCUT2D eigenvalue weighted by atomic mass is 10.0. The lowest BCUT2D eigenvalue weighted by Gasteiger charge is -2.33. The summed E-state index contributed by atoms with van der Waals surface area (Å²) in [7, 11) is -1.99. The second-order valence-electron chi connectivity index (χ2n) is 9.90. The van der Waals surface area contributed by atoms with Crippen molar-refractivity contribution in [1.29, 1.82) is 0 Å². The smallest absolute Gasteiger partial charge is 0.323 e. The zero-order valence-electron chi connectivity index (χ0n) is 22.3. The van der Waals surface area contributed by atoms with Gasteiger partial charge in [-0.15, -0.1) is 0 Å². The third kappa shape index (κ3) is 6.91. The molecule has 2 heterocycles. The molecule has 39 heavy (non-hydrogen) atoms. The van der Waals surface area contributed by atoms with Gasteiger partial charge in [0, 0.05) is 42.5 Å². The molecule has 2 aromatic rings. The predicted molar refractivity (Wildman–Crippen MR) is 145 cm³/mol. The van der Waals surface area contributed by atoms with Gasteiger partial charge in [-0.2, -0.15) is 0 Å². The second-order valence-corrected chi connectivity index (χ2v) is 12.0. The summed E-state index contributed by atoms with van der Waals surface area (Å²) in [4.78, 5) is 27.6. The number of likely N-dealkylation sites (N-methyl/N-ethyl adjacent to an activating group) is 1. The Balaban J connectivity index is 1.57. The number of carbonyl (C=O) groups excluding carboxylic acids is 2. The molecule has 0 fully saturated rings. The van der Waals surface area contributed by atoms with Crippen LogP contribution in [0.2, 0.25) is 0 Å². The number of carbonyl (C=O) groups is 2. The third-order valence-electron chi connectivity index (χ3n) is 6.81. The van der Waals surface area contributed by atoms with Gasteiger partial charge in [0.05, 0.1) is 31.9 Å². The normalized spacial score (nSPS) is 19.8. The van der Waals surface area contributed by atoms with Crippen molar-refractivity contribution in [1.82, 2.24) is 9.21 Å². The summed E-state index contributed by atoms with van der Waals surface area (Å²) in [5, 5.41) is 15.3. The van der Waals surface area contributed by atoms with E-state index in [-0.39, 0.29) is 44.7 Å². The molecule has 2 aliphatic heterocycles. The molecule has 0 aromatic heterocycles. The van der Waals surface area contributed by atoms with E-state index in [1.54, 1.807) is 48.2 Å². The van der Waals surface area contributed by atoms with Crippen LogP contribution in [0.4, 0.5) is 16.2 Å². The number of ether oxygens (including phenoxy) is 3. The van der Waals surface area contributed by atoms with Crippen molar-refractivity contribution in [2.75, 3.05) is 50.4 Å². The van der Waals surface area contributed by atoms with E-state index in [0.717, 1.165) is 6.26 Å². The van der Waals surface area contributed by atoms with Crippen molar-refractivity contribution < 1.29 is 37.3 Å². The van der Waals surface area contributed by atoms with Crippen LogP contribution in [-0.2, 0) is 21.2 Å². The highest BCUT2D eigenvalue weighted by Gasteiger charge is 2.32. The molecule has 0 radical (unpaired) electrons. The van der Waals surface area contributed by atoms with E-state index in [1.165, 1.54) is 11.4 Å². The topological polar surface area (TPSA) is 147 Å². The largest absolute Gasteiger partial charge is 0.488 e. The summed E-state index contributed by atoms with van der Waals surface area (Å²) in [6, 6.07) is 9.07. The van der Waals surface area contributed by atoms with Gasteiger partial charge < -0.3 is 34.9 Å². The molecule has 4 rings (SSSR count). The van der Waals surface area contributed by atoms with Crippen LogP contribution in [0, 0.1) is 5.92 Å². The number of fused-ring (bicyclic) bond motifs is 2. The molecule has 3 N–H and O–H groups in total. The number of aliphatic hydroxyl groups excluding tert-OH is 1. The van der Waals surface area contributed by atoms with Crippen LogP contribution >= 0.6 is 0 Å². The highest BCUT2D eigenvalue weighted by Crippen LogP contribution is 2.34. The molecule has 212 valence electrons. The van der Waals surface area contributed by atoms with Gasteiger partial charge in [0.1, 0.15) is 11.9 Å². The number of hydrogen-bond donors (Lipinski definition) is 3. The van der Waals surface area contributed by atoms with E-state index in [0.29, 0.717) is 34.2 Å². The molecule has 0 unspecified atom stereocenters. The fourth-order valence-corrected chi connectivity index (χ4v) is 4.80. The Morgan fingerprint density at radius 3 is 2.44 bits per heavy atom. The van der Waals surface area contributed by atoms with Crippen LogP contribution in [0.3, 0.4) is 0 Å². The van der Waals surface area contributed by atoms with Gasteiger partial charge in [-0.1, -0.05) is 6.92 Å². The van der Waals surface area contributed by atoms with E-state index < -0.39 is 28.2 Å². The van der Waals surface area contributed by atoms with Crippen molar-refractivity contribution in [2.45, 2.75) is 32.4 Å². The maximum absolute atomic E-state index is 13.3. The first-order valence-electron chi connectivity index (χ1n) is 12.5. The van der Waals surface area contributed by atoms with E-state index in [9.17, 15) is 23.1 Å². The molecule has 0 bridgehead atoms. The first kappa shape index (κ1) is 28.5. The monoisotopic (exact) mass is 562 g/mol. The molecular formula is C26H34N4O8S. The summed E-state index contributed by atoms with van der Waals surface area (Å²) in [5.74, 6) is 1.09. The number of rotatable bonds is 7. The van der Waals surface area contributed by atoms with Gasteiger partial charge in [-0.05, 0) is 37.3 Å². The highest BCUT2D eigenvalue weighted by molar-refractivity contribution is 7.88. The van der Waals surface area contributed by atoms with Crippen molar-refractivity contribution in [3.8, 4) is 17.2 Å². The van der Waals surface area contributed by atoms with Crippen molar-refractivity contribution in [3.05, 3.63) is 42.0 Å². The second kappa shape index (κ2) is 11.7. The molecule has 0 aliphatic carbocycles. The van der Waals surface area contributed by atoms with Gasteiger partial charge in [0.2, 0.25) is 22.7 Å². The fraction of sp³-hybridized carbons (Fsp3) is 0.462. The molecule has 3 amide bonds. The molecule has 3 atom stereocenters. The lowest BCUT2D eigenvalue weighted by molar-refractivity contribution is -0.134. The number of amides is 3. The Kier molecular flexibility index (Phi) is 8.52. The van der Waals surface area contributed by atoms with Gasteiger partial charge in [0.25, 0.3) is 0 Å². The molecule has 12 nitrogen and oxygen atoms in total. The maximum Gasteiger partial charge on any atom is 0.323 e. The summed E-state index contributed by atoms with van der Waals surface area (Å²) in [5.41, 5.74) is 1.47. The van der Waals surface area contributed by atoms with Gasteiger partial charge in [-0.3, -0.25) is 4.79 Å². The average Bonchev–Trinajstić information content (AvgIpc) is 3.35. The summed E-state index contributed by atoms with van der Waals surface area (Å²) >= 11 is 0. The van der Waals surface area contributed by atoms with Crippen molar-refractivity contribution in [3.63, 3.8) is 0 Å². The molecule has 13 heteroatoms. The quantitative estimate of drug-likeness (QED) is 0.465. The van der Waals surface area contributed by atoms with Crippen LogP contribution in [0.1, 0.15) is 19.4 Å². The lowest BCUT2D eigenvalue weighted by Crippen LogP contribution is -2.48. The standard InChI is InChI=1S/C26H34N4O8S/c1-16-12-30(17(2)14-31)25(32)10-18-9-19(5-7-21(18)38-24(16)13-29(3)39(4,34)35)27-26(33)28-20-6-8-22-23(11-20)37-15-36-22/h5-9,11,16-17,24,31H,10,12-15H2,1-4H3,(H2,27,28,33)/t16-,17-,24-/m0/s1. The Morgan fingerprint density at radius 1 is 1.13 bits per heavy atom. The summed E-state index contributed by atoms with van der Waals surface area (Å²) in [6.45, 7) is 3.89. The number of nitrogens with one attached hydrogen (secondary N) is 2. The van der Waals surface area contributed by atoms with E-state index in [4.69, 9.17) is 14.2 Å². The maximum atomic E-state index is 13.3. The number of urea groups is 1. The fourth-order valence-electron chi connectivity index (χ4n) is 4.38. The SMILES string of the molecule is C[C@H]1CN([C@@H](C)CO)C(=O)Cc2cc(NC(=O)Nc3ccc4c(c3)OCO4)ccc2O[C@H]1CN(C)S(C)(=O)=O. The van der Waals surface area contributed by atoms with Gasteiger partial charge in [0.15, 0.2) is 11.5 Å². The molecular weight excluding hydrogens is 528 g/mol. The van der Waals surface area contributed by atoms with Crippen molar-refractivity contribution >= 4 is 33.3 Å². The minimum atomic E-state index is -3.46. The van der Waals surface area contributed by atoms with Crippen LogP contribution in [0.25, 0.3) is 0 Å². The van der Waals surface area contributed by atoms with Crippen molar-refractivity contribution in [2.24, 2.45) is 5.92 Å².